The van der Waals surface area contributed by atoms with E-state index >= 15 is 0 Å². The SMILES string of the molecule is CC(C)(C)c1ccc2c3ccc(C(C)(C)C)c4c3n(c2c1)-c1cc2oc3ccccc3c2c2c1B4n1c3ccccc3c3cccc-2c31. The summed E-state index contributed by atoms with van der Waals surface area (Å²) >= 11 is 0. The van der Waals surface area contributed by atoms with Gasteiger partial charge in [-0.15, -0.1) is 0 Å². The van der Waals surface area contributed by atoms with E-state index in [0.29, 0.717) is 0 Å². The summed E-state index contributed by atoms with van der Waals surface area (Å²) in [7, 11) is 0. The van der Waals surface area contributed by atoms with Crippen molar-refractivity contribution >= 4 is 83.3 Å². The third-order valence-electron chi connectivity index (χ3n) is 11.4. The number of benzene rings is 6. The standard InChI is InChI=1S/C44H35BN2O/c1-43(2,3)24-18-19-26-28-20-21-31(44(4,5)6)39-42(28)46(33(26)22-24)34-23-36-37(29-13-8-10-17-35(29)48-36)38-30-15-11-14-27-25-12-7-9-16-32(25)47(41(27)30)45(39)40(34)38/h7-23H,1-6H3. The maximum Gasteiger partial charge on any atom is 0.333 e. The van der Waals surface area contributed by atoms with Gasteiger partial charge in [-0.1, -0.05) is 120 Å². The molecule has 0 N–H and O–H groups in total. The fourth-order valence-electron chi connectivity index (χ4n) is 9.33. The lowest BCUT2D eigenvalue weighted by molar-refractivity contribution is 0.591. The highest BCUT2D eigenvalue weighted by atomic mass is 16.3. The van der Waals surface area contributed by atoms with Crippen LogP contribution in [0.4, 0.5) is 0 Å². The van der Waals surface area contributed by atoms with Crippen molar-refractivity contribution in [3.8, 4) is 16.8 Å². The normalized spacial score (nSPS) is 14.0. The Balaban J connectivity index is 1.47. The smallest absolute Gasteiger partial charge is 0.333 e. The lowest BCUT2D eigenvalue weighted by Crippen LogP contribution is -2.57. The maximum absolute atomic E-state index is 6.77. The predicted octanol–water partition coefficient (Wildman–Crippen LogP) is 10.3. The van der Waals surface area contributed by atoms with Gasteiger partial charge in [-0.2, -0.15) is 0 Å². The summed E-state index contributed by atoms with van der Waals surface area (Å²) in [5, 5.41) is 7.64. The Morgan fingerprint density at radius 2 is 1.27 bits per heavy atom. The first-order valence-corrected chi connectivity index (χ1v) is 17.2. The monoisotopic (exact) mass is 618 g/mol. The number of furan rings is 1. The van der Waals surface area contributed by atoms with Gasteiger partial charge >= 0.3 is 6.85 Å². The molecule has 3 nitrogen and oxygen atoms in total. The molecule has 0 spiro atoms. The quantitative estimate of drug-likeness (QED) is 0.155. The van der Waals surface area contributed by atoms with Gasteiger partial charge in [0.05, 0.1) is 11.0 Å². The Kier molecular flexibility index (Phi) is 4.71. The van der Waals surface area contributed by atoms with Gasteiger partial charge in [0.25, 0.3) is 0 Å². The van der Waals surface area contributed by atoms with Crippen LogP contribution in [-0.4, -0.2) is 15.9 Å². The number of nitrogens with zero attached hydrogens (tertiary/aromatic N) is 2. The molecule has 0 radical (unpaired) electrons. The molecule has 4 heteroatoms. The second-order valence-corrected chi connectivity index (χ2v) is 16.1. The van der Waals surface area contributed by atoms with E-state index in [0.717, 1.165) is 11.2 Å². The zero-order valence-electron chi connectivity index (χ0n) is 28.2. The fourth-order valence-corrected chi connectivity index (χ4v) is 9.33. The summed E-state index contributed by atoms with van der Waals surface area (Å²) in [4.78, 5) is 0. The molecule has 0 bridgehead atoms. The molecular weight excluding hydrogens is 583 g/mol. The van der Waals surface area contributed by atoms with Crippen molar-refractivity contribution in [2.45, 2.75) is 52.4 Å². The van der Waals surface area contributed by atoms with Crippen LogP contribution >= 0.6 is 0 Å². The average Bonchev–Trinajstić information content (AvgIpc) is 3.72. The van der Waals surface area contributed by atoms with Crippen LogP contribution in [-0.2, 0) is 10.8 Å². The molecule has 0 saturated carbocycles. The molecule has 5 heterocycles. The Bertz CT molecular complexity index is 2920. The molecule has 0 aliphatic carbocycles. The second kappa shape index (κ2) is 8.43. The summed E-state index contributed by atoms with van der Waals surface area (Å²) in [6.45, 7) is 14.1. The van der Waals surface area contributed by atoms with Crippen LogP contribution in [0.2, 0.25) is 0 Å². The Hall–Kier alpha value is -5.22. The van der Waals surface area contributed by atoms with E-state index in [1.54, 1.807) is 0 Å². The van der Waals surface area contributed by atoms with Crippen LogP contribution in [0.1, 0.15) is 52.7 Å². The summed E-state index contributed by atoms with van der Waals surface area (Å²) in [6.07, 6.45) is 0. The minimum Gasteiger partial charge on any atom is -0.456 e. The number of para-hydroxylation sites is 3. The topological polar surface area (TPSA) is 23.0 Å². The van der Waals surface area contributed by atoms with Crippen LogP contribution in [0.25, 0.3) is 82.4 Å². The molecule has 3 aromatic heterocycles. The molecule has 0 amide bonds. The highest BCUT2D eigenvalue weighted by molar-refractivity contribution is 6.90. The Labute approximate surface area is 279 Å². The molecule has 0 fully saturated rings. The molecule has 2 aliphatic heterocycles. The summed E-state index contributed by atoms with van der Waals surface area (Å²) < 4.78 is 12.1. The number of aromatic nitrogens is 2. The zero-order valence-corrected chi connectivity index (χ0v) is 28.2. The van der Waals surface area contributed by atoms with Gasteiger partial charge in [-0.05, 0) is 56.6 Å². The minimum atomic E-state index is -0.0650. The molecule has 2 aliphatic rings. The second-order valence-electron chi connectivity index (χ2n) is 16.1. The van der Waals surface area contributed by atoms with Gasteiger partial charge in [0.2, 0.25) is 0 Å². The molecule has 6 aromatic carbocycles. The number of fused-ring (bicyclic) bond motifs is 14. The lowest BCUT2D eigenvalue weighted by Gasteiger charge is -2.37. The lowest BCUT2D eigenvalue weighted by atomic mass is 9.43. The Morgan fingerprint density at radius 3 is 2.08 bits per heavy atom. The molecule has 0 atom stereocenters. The number of hydrogen-bond acceptors (Lipinski definition) is 1. The predicted molar refractivity (Wildman–Crippen MR) is 204 cm³/mol. The molecule has 48 heavy (non-hydrogen) atoms. The van der Waals surface area contributed by atoms with Crippen molar-refractivity contribution in [1.82, 2.24) is 9.05 Å². The van der Waals surface area contributed by atoms with E-state index in [2.05, 4.69) is 154 Å². The summed E-state index contributed by atoms with van der Waals surface area (Å²) in [6, 6.07) is 38.8. The molecule has 230 valence electrons. The summed E-state index contributed by atoms with van der Waals surface area (Å²) in [5.41, 5.74) is 16.4. The zero-order chi connectivity index (χ0) is 32.4. The first kappa shape index (κ1) is 26.8. The molecule has 11 rings (SSSR count). The molecule has 0 saturated heterocycles. The van der Waals surface area contributed by atoms with Crippen LogP contribution in [0.5, 0.6) is 0 Å². The highest BCUT2D eigenvalue weighted by Crippen LogP contribution is 2.48. The first-order valence-electron chi connectivity index (χ1n) is 17.2. The van der Waals surface area contributed by atoms with Crippen molar-refractivity contribution in [2.75, 3.05) is 0 Å². The van der Waals surface area contributed by atoms with Crippen LogP contribution < -0.4 is 10.9 Å². The van der Waals surface area contributed by atoms with E-state index in [1.807, 2.05) is 0 Å². The largest absolute Gasteiger partial charge is 0.456 e. The molecular formula is C44H35BN2O. The highest BCUT2D eigenvalue weighted by Gasteiger charge is 2.45. The van der Waals surface area contributed by atoms with Gasteiger partial charge in [-0.25, -0.2) is 0 Å². The van der Waals surface area contributed by atoms with Crippen LogP contribution in [0.15, 0.2) is 108 Å². The molecule has 0 unspecified atom stereocenters. The van der Waals surface area contributed by atoms with E-state index in [4.69, 9.17) is 4.42 Å². The van der Waals surface area contributed by atoms with Gasteiger partial charge in [0.15, 0.2) is 0 Å². The Morgan fingerprint density at radius 1 is 0.562 bits per heavy atom. The van der Waals surface area contributed by atoms with Gasteiger partial charge in [0, 0.05) is 60.7 Å². The van der Waals surface area contributed by atoms with Crippen LogP contribution in [0.3, 0.4) is 0 Å². The van der Waals surface area contributed by atoms with Gasteiger partial charge < -0.3 is 13.5 Å². The molecule has 9 aromatic rings. The van der Waals surface area contributed by atoms with Crippen molar-refractivity contribution in [3.05, 3.63) is 114 Å². The number of hydrogen-bond donors (Lipinski definition) is 0. The van der Waals surface area contributed by atoms with Gasteiger partial charge in [0.1, 0.15) is 11.2 Å². The first-order chi connectivity index (χ1) is 23.1. The van der Waals surface area contributed by atoms with E-state index in [-0.39, 0.29) is 17.7 Å². The third kappa shape index (κ3) is 3.08. The van der Waals surface area contributed by atoms with Crippen molar-refractivity contribution < 1.29 is 4.42 Å². The number of rotatable bonds is 0. The fraction of sp³-hybridized carbons (Fsp3) is 0.182. The minimum absolute atomic E-state index is 0.00202. The van der Waals surface area contributed by atoms with E-state index in [9.17, 15) is 0 Å². The van der Waals surface area contributed by atoms with Crippen molar-refractivity contribution in [2.24, 2.45) is 0 Å². The summed E-state index contributed by atoms with van der Waals surface area (Å²) in [5.74, 6) is 0. The van der Waals surface area contributed by atoms with Crippen LogP contribution in [0, 0.1) is 0 Å². The third-order valence-corrected chi connectivity index (χ3v) is 11.4. The van der Waals surface area contributed by atoms with Crippen molar-refractivity contribution in [1.29, 1.82) is 0 Å². The van der Waals surface area contributed by atoms with E-state index < -0.39 is 0 Å². The maximum atomic E-state index is 6.77. The van der Waals surface area contributed by atoms with E-state index in [1.165, 1.54) is 93.3 Å². The van der Waals surface area contributed by atoms with Crippen molar-refractivity contribution in [3.63, 3.8) is 0 Å². The average molecular weight is 619 g/mol. The van der Waals surface area contributed by atoms with Gasteiger partial charge in [-0.3, -0.25) is 0 Å².